The first-order valence-corrected chi connectivity index (χ1v) is 5.73. The van der Waals surface area contributed by atoms with E-state index < -0.39 is 0 Å². The summed E-state index contributed by atoms with van der Waals surface area (Å²) in [4.78, 5) is 0. The van der Waals surface area contributed by atoms with E-state index in [2.05, 4.69) is 36.5 Å². The number of anilines is 1. The highest BCUT2D eigenvalue weighted by Gasteiger charge is 1.96. The lowest BCUT2D eigenvalue weighted by molar-refractivity contribution is 0.189. The quantitative estimate of drug-likeness (QED) is 0.751. The SMILES string of the molecule is CCCc1ccc(NCCC(C)O)cc1. The van der Waals surface area contributed by atoms with Crippen LogP contribution in [0.25, 0.3) is 0 Å². The molecule has 2 heteroatoms. The molecule has 1 rings (SSSR count). The molecule has 1 aromatic carbocycles. The van der Waals surface area contributed by atoms with Crippen molar-refractivity contribution in [2.24, 2.45) is 0 Å². The smallest absolute Gasteiger partial charge is 0.0528 e. The van der Waals surface area contributed by atoms with E-state index in [4.69, 9.17) is 5.11 Å². The molecule has 0 aliphatic rings. The van der Waals surface area contributed by atoms with Crippen LogP contribution in [0.4, 0.5) is 5.69 Å². The summed E-state index contributed by atoms with van der Waals surface area (Å²) >= 11 is 0. The molecule has 0 fully saturated rings. The van der Waals surface area contributed by atoms with E-state index in [9.17, 15) is 0 Å². The van der Waals surface area contributed by atoms with Crippen molar-refractivity contribution >= 4 is 5.69 Å². The minimum Gasteiger partial charge on any atom is -0.393 e. The first kappa shape index (κ1) is 12.1. The maximum Gasteiger partial charge on any atom is 0.0528 e. The van der Waals surface area contributed by atoms with Crippen LogP contribution in [0.15, 0.2) is 24.3 Å². The van der Waals surface area contributed by atoms with Gasteiger partial charge in [0.2, 0.25) is 0 Å². The molecule has 0 radical (unpaired) electrons. The Morgan fingerprint density at radius 3 is 2.47 bits per heavy atom. The van der Waals surface area contributed by atoms with Crippen molar-refractivity contribution in [3.05, 3.63) is 29.8 Å². The molecule has 84 valence electrons. The van der Waals surface area contributed by atoms with E-state index in [1.807, 2.05) is 6.92 Å². The highest BCUT2D eigenvalue weighted by atomic mass is 16.3. The van der Waals surface area contributed by atoms with Gasteiger partial charge in [-0.15, -0.1) is 0 Å². The Labute approximate surface area is 92.3 Å². The van der Waals surface area contributed by atoms with Crippen molar-refractivity contribution in [1.82, 2.24) is 0 Å². The van der Waals surface area contributed by atoms with Crippen molar-refractivity contribution in [2.45, 2.75) is 39.2 Å². The Hall–Kier alpha value is -1.02. The van der Waals surface area contributed by atoms with Crippen molar-refractivity contribution in [3.8, 4) is 0 Å². The molecule has 0 aromatic heterocycles. The fourth-order valence-corrected chi connectivity index (χ4v) is 1.50. The Balaban J connectivity index is 2.36. The van der Waals surface area contributed by atoms with Gasteiger partial charge in [0.1, 0.15) is 0 Å². The molecule has 0 aliphatic heterocycles. The molecule has 0 aliphatic carbocycles. The van der Waals surface area contributed by atoms with E-state index in [-0.39, 0.29) is 6.10 Å². The predicted octanol–water partition coefficient (Wildman–Crippen LogP) is 2.82. The minimum atomic E-state index is -0.225. The molecule has 1 atom stereocenters. The van der Waals surface area contributed by atoms with E-state index in [1.54, 1.807) is 0 Å². The summed E-state index contributed by atoms with van der Waals surface area (Å²) in [5.74, 6) is 0. The van der Waals surface area contributed by atoms with Gasteiger partial charge in [-0.1, -0.05) is 25.5 Å². The molecule has 0 saturated heterocycles. The molecule has 15 heavy (non-hydrogen) atoms. The number of rotatable bonds is 6. The van der Waals surface area contributed by atoms with Gasteiger partial charge in [-0.05, 0) is 37.5 Å². The van der Waals surface area contributed by atoms with E-state index in [0.717, 1.165) is 25.1 Å². The van der Waals surface area contributed by atoms with Crippen LogP contribution in [-0.4, -0.2) is 17.8 Å². The molecule has 0 amide bonds. The van der Waals surface area contributed by atoms with Gasteiger partial charge in [0.15, 0.2) is 0 Å². The summed E-state index contributed by atoms with van der Waals surface area (Å²) < 4.78 is 0. The number of nitrogens with one attached hydrogen (secondary N) is 1. The molecule has 2 N–H and O–H groups in total. The normalized spacial score (nSPS) is 12.5. The zero-order valence-corrected chi connectivity index (χ0v) is 9.66. The number of aliphatic hydroxyl groups excluding tert-OH is 1. The third-order valence-corrected chi connectivity index (χ3v) is 2.38. The van der Waals surface area contributed by atoms with Crippen molar-refractivity contribution < 1.29 is 5.11 Å². The average molecular weight is 207 g/mol. The maximum absolute atomic E-state index is 9.10. The zero-order valence-electron chi connectivity index (χ0n) is 9.66. The summed E-state index contributed by atoms with van der Waals surface area (Å²) in [5.41, 5.74) is 2.52. The average Bonchev–Trinajstić information content (AvgIpc) is 2.20. The second kappa shape index (κ2) is 6.46. The van der Waals surface area contributed by atoms with E-state index in [1.165, 1.54) is 12.0 Å². The molecule has 1 unspecified atom stereocenters. The molecule has 0 bridgehead atoms. The van der Waals surface area contributed by atoms with Crippen LogP contribution in [0.3, 0.4) is 0 Å². The molecular weight excluding hydrogens is 186 g/mol. The van der Waals surface area contributed by atoms with Crippen LogP contribution in [0.5, 0.6) is 0 Å². The summed E-state index contributed by atoms with van der Waals surface area (Å²) in [6.45, 7) is 4.83. The number of aliphatic hydroxyl groups is 1. The highest BCUT2D eigenvalue weighted by molar-refractivity contribution is 5.44. The fraction of sp³-hybridized carbons (Fsp3) is 0.538. The second-order valence-corrected chi connectivity index (χ2v) is 4.01. The first-order chi connectivity index (χ1) is 7.22. The monoisotopic (exact) mass is 207 g/mol. The standard InChI is InChI=1S/C13H21NO/c1-3-4-12-5-7-13(8-6-12)14-10-9-11(2)15/h5-8,11,14-15H,3-4,9-10H2,1-2H3. The van der Waals surface area contributed by atoms with Gasteiger partial charge in [-0.2, -0.15) is 0 Å². The molecule has 0 saturated carbocycles. The lowest BCUT2D eigenvalue weighted by Crippen LogP contribution is -2.09. The number of hydrogen-bond donors (Lipinski definition) is 2. The van der Waals surface area contributed by atoms with Crippen molar-refractivity contribution in [3.63, 3.8) is 0 Å². The molecule has 1 aromatic rings. The number of benzene rings is 1. The third-order valence-electron chi connectivity index (χ3n) is 2.38. The lowest BCUT2D eigenvalue weighted by atomic mass is 10.1. The minimum absolute atomic E-state index is 0.225. The van der Waals surface area contributed by atoms with Gasteiger partial charge < -0.3 is 10.4 Å². The summed E-state index contributed by atoms with van der Waals surface area (Å²) in [7, 11) is 0. The third kappa shape index (κ3) is 4.84. The Bertz CT molecular complexity index is 266. The predicted molar refractivity (Wildman–Crippen MR) is 65.2 cm³/mol. The summed E-state index contributed by atoms with van der Waals surface area (Å²) in [6, 6.07) is 8.53. The maximum atomic E-state index is 9.10. The topological polar surface area (TPSA) is 32.3 Å². The molecule has 0 spiro atoms. The van der Waals surface area contributed by atoms with Crippen LogP contribution in [0.1, 0.15) is 32.3 Å². The van der Waals surface area contributed by atoms with E-state index in [0.29, 0.717) is 0 Å². The van der Waals surface area contributed by atoms with Gasteiger partial charge in [0, 0.05) is 12.2 Å². The molecular formula is C13H21NO. The van der Waals surface area contributed by atoms with Gasteiger partial charge in [-0.3, -0.25) is 0 Å². The highest BCUT2D eigenvalue weighted by Crippen LogP contribution is 2.11. The second-order valence-electron chi connectivity index (χ2n) is 4.01. The Morgan fingerprint density at radius 1 is 1.27 bits per heavy atom. The van der Waals surface area contributed by atoms with Crippen LogP contribution in [-0.2, 0) is 6.42 Å². The van der Waals surface area contributed by atoms with Crippen LogP contribution in [0.2, 0.25) is 0 Å². The lowest BCUT2D eigenvalue weighted by Gasteiger charge is -2.08. The fourth-order valence-electron chi connectivity index (χ4n) is 1.50. The molecule has 2 nitrogen and oxygen atoms in total. The van der Waals surface area contributed by atoms with Crippen LogP contribution >= 0.6 is 0 Å². The van der Waals surface area contributed by atoms with E-state index >= 15 is 0 Å². The summed E-state index contributed by atoms with van der Waals surface area (Å²) in [6.07, 6.45) is 2.90. The van der Waals surface area contributed by atoms with Gasteiger partial charge in [0.25, 0.3) is 0 Å². The Morgan fingerprint density at radius 2 is 1.93 bits per heavy atom. The van der Waals surface area contributed by atoms with Crippen molar-refractivity contribution in [1.29, 1.82) is 0 Å². The Kier molecular flexibility index (Phi) is 5.19. The number of hydrogen-bond acceptors (Lipinski definition) is 2. The van der Waals surface area contributed by atoms with Crippen molar-refractivity contribution in [2.75, 3.05) is 11.9 Å². The molecule has 0 heterocycles. The largest absolute Gasteiger partial charge is 0.393 e. The number of aryl methyl sites for hydroxylation is 1. The van der Waals surface area contributed by atoms with Gasteiger partial charge in [-0.25, -0.2) is 0 Å². The first-order valence-electron chi connectivity index (χ1n) is 5.73. The summed E-state index contributed by atoms with van der Waals surface area (Å²) in [5, 5.41) is 12.4. The van der Waals surface area contributed by atoms with Crippen LogP contribution in [0, 0.1) is 0 Å². The van der Waals surface area contributed by atoms with Crippen LogP contribution < -0.4 is 5.32 Å². The van der Waals surface area contributed by atoms with Gasteiger partial charge in [0.05, 0.1) is 6.10 Å². The zero-order chi connectivity index (χ0) is 11.1. The van der Waals surface area contributed by atoms with Gasteiger partial charge >= 0.3 is 0 Å².